The molecule has 0 amide bonds. The first-order valence-electron chi connectivity index (χ1n) is 9.18. The van der Waals surface area contributed by atoms with Gasteiger partial charge in [0.1, 0.15) is 11.3 Å². The van der Waals surface area contributed by atoms with Crippen molar-refractivity contribution in [2.75, 3.05) is 13.2 Å². The smallest absolute Gasteiger partial charge is 0.252 e. The van der Waals surface area contributed by atoms with Gasteiger partial charge < -0.3 is 9.72 Å². The maximum atomic E-state index is 15.1. The van der Waals surface area contributed by atoms with Crippen molar-refractivity contribution in [3.63, 3.8) is 0 Å². The van der Waals surface area contributed by atoms with Gasteiger partial charge in [-0.25, -0.2) is 8.78 Å². The van der Waals surface area contributed by atoms with Crippen LogP contribution in [0.25, 0.3) is 32.9 Å². The molecule has 4 aromatic rings. The van der Waals surface area contributed by atoms with Gasteiger partial charge in [0.25, 0.3) is 5.56 Å². The molecule has 2 N–H and O–H groups in total. The van der Waals surface area contributed by atoms with Crippen LogP contribution < -0.4 is 5.56 Å². The summed E-state index contributed by atoms with van der Waals surface area (Å²) in [5.74, 6) is -0.928. The zero-order valence-electron chi connectivity index (χ0n) is 14.9. The van der Waals surface area contributed by atoms with Crippen molar-refractivity contribution in [3.05, 3.63) is 64.1 Å². The first-order chi connectivity index (χ1) is 13.6. The molecule has 142 valence electrons. The van der Waals surface area contributed by atoms with Gasteiger partial charge >= 0.3 is 0 Å². The first kappa shape index (κ1) is 17.1. The van der Waals surface area contributed by atoms with Crippen LogP contribution in [0.15, 0.2) is 41.3 Å². The van der Waals surface area contributed by atoms with Crippen LogP contribution in [0.4, 0.5) is 8.78 Å². The van der Waals surface area contributed by atoms with Gasteiger partial charge in [0.15, 0.2) is 5.82 Å². The highest BCUT2D eigenvalue weighted by molar-refractivity contribution is 6.03. The van der Waals surface area contributed by atoms with Crippen LogP contribution in [0.5, 0.6) is 0 Å². The third kappa shape index (κ3) is 2.62. The largest absolute Gasteiger partial charge is 0.381 e. The lowest BCUT2D eigenvalue weighted by molar-refractivity contribution is 0.0852. The molecule has 0 saturated carbocycles. The third-order valence-corrected chi connectivity index (χ3v) is 5.46. The average molecular weight is 381 g/mol. The van der Waals surface area contributed by atoms with E-state index in [2.05, 4.69) is 15.2 Å². The average Bonchev–Trinajstić information content (AvgIpc) is 3.18. The van der Waals surface area contributed by atoms with Crippen LogP contribution >= 0.6 is 0 Å². The molecule has 2 aromatic carbocycles. The molecule has 2 aromatic heterocycles. The highest BCUT2D eigenvalue weighted by atomic mass is 19.1. The van der Waals surface area contributed by atoms with Gasteiger partial charge in [-0.05, 0) is 42.5 Å². The zero-order chi connectivity index (χ0) is 19.3. The minimum Gasteiger partial charge on any atom is -0.381 e. The third-order valence-electron chi connectivity index (χ3n) is 5.46. The summed E-state index contributed by atoms with van der Waals surface area (Å²) >= 11 is 0. The molecule has 5 rings (SSSR count). The van der Waals surface area contributed by atoms with E-state index in [1.807, 2.05) is 6.07 Å². The minimum absolute atomic E-state index is 0.00920. The van der Waals surface area contributed by atoms with Crippen LogP contribution in [0.3, 0.4) is 0 Å². The molecule has 0 radical (unpaired) electrons. The van der Waals surface area contributed by atoms with Gasteiger partial charge in [0.05, 0.1) is 11.7 Å². The first-order valence-corrected chi connectivity index (χ1v) is 9.18. The van der Waals surface area contributed by atoms with Crippen LogP contribution in [-0.2, 0) is 4.74 Å². The predicted octanol–water partition coefficient (Wildman–Crippen LogP) is 4.24. The van der Waals surface area contributed by atoms with E-state index in [1.54, 1.807) is 18.3 Å². The molecule has 1 aliphatic rings. The summed E-state index contributed by atoms with van der Waals surface area (Å²) in [4.78, 5) is 15.8. The number of nitrogens with zero attached hydrogens (tertiary/aromatic N) is 1. The fourth-order valence-electron chi connectivity index (χ4n) is 4.11. The van der Waals surface area contributed by atoms with E-state index < -0.39 is 5.82 Å². The summed E-state index contributed by atoms with van der Waals surface area (Å²) in [7, 11) is 0. The number of aromatic amines is 2. The van der Waals surface area contributed by atoms with Crippen LogP contribution in [0.1, 0.15) is 24.3 Å². The maximum Gasteiger partial charge on any atom is 0.252 e. The Bertz CT molecular complexity index is 1240. The van der Waals surface area contributed by atoms with Crippen LogP contribution in [-0.4, -0.2) is 28.4 Å². The number of benzene rings is 2. The van der Waals surface area contributed by atoms with Crippen molar-refractivity contribution in [1.82, 2.24) is 15.2 Å². The molecule has 0 bridgehead atoms. The van der Waals surface area contributed by atoms with E-state index in [0.29, 0.717) is 53.5 Å². The summed E-state index contributed by atoms with van der Waals surface area (Å²) in [6.45, 7) is 1.14. The van der Waals surface area contributed by atoms with Crippen molar-refractivity contribution in [2.24, 2.45) is 0 Å². The topological polar surface area (TPSA) is 70.8 Å². The van der Waals surface area contributed by atoms with Gasteiger partial charge in [0.2, 0.25) is 0 Å². The molecule has 1 saturated heterocycles. The molecule has 5 nitrogen and oxygen atoms in total. The molecule has 0 atom stereocenters. The number of hydrogen-bond acceptors (Lipinski definition) is 3. The number of H-pyrrole nitrogens is 2. The predicted molar refractivity (Wildman–Crippen MR) is 102 cm³/mol. The Morgan fingerprint density at radius 2 is 1.82 bits per heavy atom. The highest BCUT2D eigenvalue weighted by Gasteiger charge is 2.26. The number of hydrogen-bond donors (Lipinski definition) is 2. The lowest BCUT2D eigenvalue weighted by atomic mass is 9.85. The zero-order valence-corrected chi connectivity index (χ0v) is 14.9. The number of fused-ring (bicyclic) bond motifs is 2. The van der Waals surface area contributed by atoms with E-state index in [1.165, 1.54) is 12.1 Å². The van der Waals surface area contributed by atoms with Gasteiger partial charge in [-0.1, -0.05) is 12.1 Å². The maximum absolute atomic E-state index is 15.1. The van der Waals surface area contributed by atoms with E-state index in [9.17, 15) is 9.18 Å². The number of rotatable bonds is 2. The van der Waals surface area contributed by atoms with Crippen molar-refractivity contribution >= 4 is 21.8 Å². The van der Waals surface area contributed by atoms with Crippen LogP contribution in [0.2, 0.25) is 0 Å². The van der Waals surface area contributed by atoms with E-state index in [4.69, 9.17) is 4.74 Å². The number of ether oxygens (including phenoxy) is 1. The van der Waals surface area contributed by atoms with Gasteiger partial charge in [-0.2, -0.15) is 5.10 Å². The molecule has 28 heavy (non-hydrogen) atoms. The number of nitrogens with one attached hydrogen (secondary N) is 2. The number of pyridine rings is 1. The Labute approximate surface area is 158 Å². The van der Waals surface area contributed by atoms with Gasteiger partial charge in [-0.15, -0.1) is 0 Å². The second-order valence-electron chi connectivity index (χ2n) is 7.08. The molecule has 0 spiro atoms. The molecule has 3 heterocycles. The monoisotopic (exact) mass is 381 g/mol. The van der Waals surface area contributed by atoms with Crippen molar-refractivity contribution in [3.8, 4) is 11.1 Å². The standard InChI is InChI=1S/C21H17F2N3O2/c22-14-3-1-11(2-4-14)16-15-9-13-10-24-26-19(13)18(23)20(15)25-21(27)17(16)12-5-7-28-8-6-12/h1-4,9-10,12H,5-8H2,(H,24,26)(H,25,27). The van der Waals surface area contributed by atoms with Gasteiger partial charge in [-0.3, -0.25) is 9.89 Å². The Balaban J connectivity index is 1.90. The Hall–Kier alpha value is -3.06. The second kappa shape index (κ2) is 6.53. The lowest BCUT2D eigenvalue weighted by Gasteiger charge is -2.25. The fraction of sp³-hybridized carbons (Fsp3) is 0.238. The molecular formula is C21H17F2N3O2. The van der Waals surface area contributed by atoms with E-state index in [0.717, 1.165) is 0 Å². The summed E-state index contributed by atoms with van der Waals surface area (Å²) in [5.41, 5.74) is 1.97. The summed E-state index contributed by atoms with van der Waals surface area (Å²) in [6, 6.07) is 7.77. The Morgan fingerprint density at radius 3 is 2.57 bits per heavy atom. The molecule has 1 aliphatic heterocycles. The minimum atomic E-state index is -0.552. The van der Waals surface area contributed by atoms with Crippen LogP contribution in [0, 0.1) is 11.6 Å². The van der Waals surface area contributed by atoms with Gasteiger partial charge in [0, 0.05) is 35.1 Å². The molecular weight excluding hydrogens is 364 g/mol. The number of halogens is 2. The molecule has 0 unspecified atom stereocenters. The lowest BCUT2D eigenvalue weighted by Crippen LogP contribution is -2.23. The molecule has 7 heteroatoms. The normalized spacial score (nSPS) is 15.5. The van der Waals surface area contributed by atoms with E-state index >= 15 is 4.39 Å². The Morgan fingerprint density at radius 1 is 1.07 bits per heavy atom. The quantitative estimate of drug-likeness (QED) is 0.546. The SMILES string of the molecule is O=c1[nH]c2c(F)c3[nH]ncc3cc2c(-c2ccc(F)cc2)c1C1CCOCC1. The summed E-state index contributed by atoms with van der Waals surface area (Å²) < 4.78 is 34.1. The van der Waals surface area contributed by atoms with E-state index in [-0.39, 0.29) is 28.3 Å². The van der Waals surface area contributed by atoms with Crippen molar-refractivity contribution in [1.29, 1.82) is 0 Å². The highest BCUT2D eigenvalue weighted by Crippen LogP contribution is 2.38. The summed E-state index contributed by atoms with van der Waals surface area (Å²) in [5, 5.41) is 7.73. The Kier molecular flexibility index (Phi) is 3.98. The molecule has 0 aliphatic carbocycles. The summed E-state index contributed by atoms with van der Waals surface area (Å²) in [6.07, 6.45) is 2.96. The van der Waals surface area contributed by atoms with Crippen molar-refractivity contribution < 1.29 is 13.5 Å². The van der Waals surface area contributed by atoms with Crippen molar-refractivity contribution in [2.45, 2.75) is 18.8 Å². The molecule has 1 fully saturated rings. The fourth-order valence-corrected chi connectivity index (χ4v) is 4.11. The second-order valence-corrected chi connectivity index (χ2v) is 7.08. The number of aromatic nitrogens is 3.